The largest absolute Gasteiger partial charge is 0.349 e. The maximum absolute atomic E-state index is 12.5. The highest BCUT2D eigenvalue weighted by Gasteiger charge is 2.20. The van der Waals surface area contributed by atoms with Gasteiger partial charge in [-0.05, 0) is 17.7 Å². The number of thioether (sulfide) groups is 1. The number of fused-ring (bicyclic) bond motifs is 1. The Hall–Kier alpha value is -3.37. The second-order valence-corrected chi connectivity index (χ2v) is 7.45. The lowest BCUT2D eigenvalue weighted by atomic mass is 10.2. The molecule has 1 unspecified atom stereocenters. The first kappa shape index (κ1) is 20.4. The Morgan fingerprint density at radius 1 is 1.00 bits per heavy atom. The first-order valence-electron chi connectivity index (χ1n) is 9.11. The Bertz CT molecular complexity index is 1030. The molecule has 0 aliphatic heterocycles. The highest BCUT2D eigenvalue weighted by Crippen LogP contribution is 2.18. The van der Waals surface area contributed by atoms with Crippen LogP contribution in [0.25, 0.3) is 10.9 Å². The summed E-state index contributed by atoms with van der Waals surface area (Å²) in [7, 11) is 0. The van der Waals surface area contributed by atoms with Crippen molar-refractivity contribution in [3.63, 3.8) is 0 Å². The molecule has 0 saturated carbocycles. The van der Waals surface area contributed by atoms with E-state index in [1.807, 2.05) is 66.7 Å². The third-order valence-electron chi connectivity index (χ3n) is 4.21. The lowest BCUT2D eigenvalue weighted by molar-refractivity contribution is -0.120. The fraction of sp³-hybridized carbons (Fsp3) is 0.182. The molecule has 1 heterocycles. The predicted molar refractivity (Wildman–Crippen MR) is 114 cm³/mol. The molecule has 0 radical (unpaired) electrons. The van der Waals surface area contributed by atoms with Gasteiger partial charge in [-0.3, -0.25) is 9.59 Å². The average Bonchev–Trinajstić information content (AvgIpc) is 2.77. The first-order chi connectivity index (χ1) is 14.2. The fourth-order valence-corrected chi connectivity index (χ4v) is 3.73. The number of hydrogen-bond acceptors (Lipinski definition) is 5. The van der Waals surface area contributed by atoms with Crippen LogP contribution in [0.4, 0.5) is 0 Å². The Morgan fingerprint density at radius 3 is 2.55 bits per heavy atom. The van der Waals surface area contributed by atoms with Crippen LogP contribution in [0.2, 0.25) is 0 Å². The molecule has 3 aromatic rings. The van der Waals surface area contributed by atoms with E-state index in [2.05, 4.69) is 15.6 Å². The number of benzene rings is 2. The molecule has 2 N–H and O–H groups in total. The Kier molecular flexibility index (Phi) is 7.20. The molecule has 146 valence electrons. The minimum atomic E-state index is -0.520. The zero-order valence-electron chi connectivity index (χ0n) is 15.7. The van der Waals surface area contributed by atoms with Crippen LogP contribution >= 0.6 is 11.8 Å². The van der Waals surface area contributed by atoms with Gasteiger partial charge in [0.2, 0.25) is 5.91 Å². The van der Waals surface area contributed by atoms with Gasteiger partial charge < -0.3 is 10.6 Å². The van der Waals surface area contributed by atoms with E-state index in [1.165, 1.54) is 11.8 Å². The summed E-state index contributed by atoms with van der Waals surface area (Å²) < 4.78 is 0. The summed E-state index contributed by atoms with van der Waals surface area (Å²) in [6.45, 7) is 0.0729. The van der Waals surface area contributed by atoms with Crippen LogP contribution < -0.4 is 10.6 Å². The lowest BCUT2D eigenvalue weighted by Crippen LogP contribution is -2.41. The predicted octanol–water partition coefficient (Wildman–Crippen LogP) is 2.91. The topological polar surface area (TPSA) is 94.9 Å². The quantitative estimate of drug-likeness (QED) is 0.563. The van der Waals surface area contributed by atoms with Gasteiger partial charge >= 0.3 is 0 Å². The van der Waals surface area contributed by atoms with E-state index in [1.54, 1.807) is 6.07 Å². The monoisotopic (exact) mass is 404 g/mol. The van der Waals surface area contributed by atoms with E-state index in [9.17, 15) is 9.59 Å². The number of pyridine rings is 1. The van der Waals surface area contributed by atoms with E-state index >= 15 is 0 Å². The summed E-state index contributed by atoms with van der Waals surface area (Å²) in [4.78, 5) is 29.3. The summed E-state index contributed by atoms with van der Waals surface area (Å²) in [5.74, 6) is 0.00339. The van der Waals surface area contributed by atoms with Crippen molar-refractivity contribution in [3.05, 3.63) is 78.0 Å². The summed E-state index contributed by atoms with van der Waals surface area (Å²) in [5.41, 5.74) is 2.12. The number of aromatic nitrogens is 1. The maximum Gasteiger partial charge on any atom is 0.269 e. The summed E-state index contributed by atoms with van der Waals surface area (Å²) >= 11 is 1.42. The molecule has 0 bridgehead atoms. The molecule has 2 amide bonds. The zero-order valence-corrected chi connectivity index (χ0v) is 16.5. The smallest absolute Gasteiger partial charge is 0.269 e. The normalized spacial score (nSPS) is 11.4. The van der Waals surface area contributed by atoms with Crippen molar-refractivity contribution in [2.24, 2.45) is 0 Å². The van der Waals surface area contributed by atoms with Crippen molar-refractivity contribution in [2.45, 2.75) is 11.0 Å². The summed E-state index contributed by atoms with van der Waals surface area (Å²) in [6.07, 6.45) is 0. The third-order valence-corrected chi connectivity index (χ3v) is 5.49. The van der Waals surface area contributed by atoms with E-state index in [4.69, 9.17) is 5.26 Å². The highest BCUT2D eigenvalue weighted by atomic mass is 32.2. The molecule has 2 aromatic carbocycles. The average molecular weight is 404 g/mol. The highest BCUT2D eigenvalue weighted by molar-refractivity contribution is 7.99. The van der Waals surface area contributed by atoms with Gasteiger partial charge in [0.15, 0.2) is 0 Å². The van der Waals surface area contributed by atoms with E-state index in [0.717, 1.165) is 16.5 Å². The van der Waals surface area contributed by atoms with Gasteiger partial charge in [-0.1, -0.05) is 54.6 Å². The molecule has 0 fully saturated rings. The number of carbonyl (C=O) groups is 2. The molecule has 6 nitrogen and oxygen atoms in total. The van der Waals surface area contributed by atoms with Gasteiger partial charge in [-0.25, -0.2) is 4.98 Å². The Morgan fingerprint density at radius 2 is 1.76 bits per heavy atom. The molecule has 0 aliphatic carbocycles. The molecule has 0 spiro atoms. The van der Waals surface area contributed by atoms with Gasteiger partial charge in [0, 0.05) is 17.7 Å². The van der Waals surface area contributed by atoms with Crippen LogP contribution in [0.5, 0.6) is 0 Å². The van der Waals surface area contributed by atoms with Gasteiger partial charge in [-0.15, -0.1) is 11.8 Å². The minimum Gasteiger partial charge on any atom is -0.349 e. The van der Waals surface area contributed by atoms with Gasteiger partial charge in [0.05, 0.1) is 11.6 Å². The number of hydrogen-bond donors (Lipinski definition) is 2. The molecule has 1 aromatic heterocycles. The first-order valence-corrected chi connectivity index (χ1v) is 10.2. The molecule has 1 atom stereocenters. The third kappa shape index (κ3) is 5.80. The SMILES string of the molecule is N#CCNC(=O)C(CNC(=O)c1ccc2ccccc2n1)SCc1ccccc1. The van der Waals surface area contributed by atoms with E-state index in [0.29, 0.717) is 11.4 Å². The molecule has 29 heavy (non-hydrogen) atoms. The number of amides is 2. The van der Waals surface area contributed by atoms with Crippen molar-refractivity contribution >= 4 is 34.5 Å². The van der Waals surface area contributed by atoms with E-state index in [-0.39, 0.29) is 24.9 Å². The zero-order chi connectivity index (χ0) is 20.5. The Labute approximate surface area is 173 Å². The lowest BCUT2D eigenvalue weighted by Gasteiger charge is -2.16. The molecular weight excluding hydrogens is 384 g/mol. The van der Waals surface area contributed by atoms with Crippen molar-refractivity contribution in [1.29, 1.82) is 5.26 Å². The second kappa shape index (κ2) is 10.2. The number of para-hydroxylation sites is 1. The second-order valence-electron chi connectivity index (χ2n) is 6.26. The van der Waals surface area contributed by atoms with Crippen molar-refractivity contribution < 1.29 is 9.59 Å². The fourth-order valence-electron chi connectivity index (χ4n) is 2.71. The van der Waals surface area contributed by atoms with Gasteiger partial charge in [-0.2, -0.15) is 5.26 Å². The Balaban J connectivity index is 1.64. The van der Waals surface area contributed by atoms with Crippen LogP contribution in [0.3, 0.4) is 0 Å². The molecular formula is C22H20N4O2S. The molecule has 0 saturated heterocycles. The van der Waals surface area contributed by atoms with Crippen LogP contribution in [0.1, 0.15) is 16.1 Å². The van der Waals surface area contributed by atoms with Crippen molar-refractivity contribution in [1.82, 2.24) is 15.6 Å². The standard InChI is InChI=1S/C22H20N4O2S/c23-12-13-24-22(28)20(29-15-16-6-2-1-3-7-16)14-25-21(27)19-11-10-17-8-4-5-9-18(17)26-19/h1-11,20H,13-15H2,(H,24,28)(H,25,27). The van der Waals surface area contributed by atoms with Gasteiger partial charge in [0.1, 0.15) is 17.5 Å². The summed E-state index contributed by atoms with van der Waals surface area (Å²) in [5, 5.41) is 14.5. The van der Waals surface area contributed by atoms with Crippen LogP contribution in [-0.4, -0.2) is 35.1 Å². The maximum atomic E-state index is 12.5. The van der Waals surface area contributed by atoms with Crippen LogP contribution in [-0.2, 0) is 10.5 Å². The molecule has 0 aliphatic rings. The van der Waals surface area contributed by atoms with Crippen molar-refractivity contribution in [3.8, 4) is 6.07 Å². The number of nitrogens with one attached hydrogen (secondary N) is 2. The molecule has 3 rings (SSSR count). The minimum absolute atomic E-state index is 0.0680. The molecule has 7 heteroatoms. The number of nitriles is 1. The number of carbonyl (C=O) groups excluding carboxylic acids is 2. The van der Waals surface area contributed by atoms with Crippen LogP contribution in [0.15, 0.2) is 66.7 Å². The van der Waals surface area contributed by atoms with Crippen molar-refractivity contribution in [2.75, 3.05) is 13.1 Å². The van der Waals surface area contributed by atoms with E-state index < -0.39 is 5.25 Å². The van der Waals surface area contributed by atoms with Crippen LogP contribution in [0, 0.1) is 11.3 Å². The number of nitrogens with zero attached hydrogens (tertiary/aromatic N) is 2. The summed E-state index contributed by atoms with van der Waals surface area (Å²) in [6, 6.07) is 22.7. The number of rotatable bonds is 8. The van der Waals surface area contributed by atoms with Gasteiger partial charge in [0.25, 0.3) is 5.91 Å².